The second-order valence-electron chi connectivity index (χ2n) is 9.98. The summed E-state index contributed by atoms with van der Waals surface area (Å²) in [7, 11) is 0. The Labute approximate surface area is 175 Å². The molecule has 0 unspecified atom stereocenters. The molecule has 29 heavy (non-hydrogen) atoms. The van der Waals surface area contributed by atoms with Gasteiger partial charge in [0.1, 0.15) is 0 Å². The second kappa shape index (κ2) is 8.22. The fourth-order valence-electron chi connectivity index (χ4n) is 5.60. The van der Waals surface area contributed by atoms with Crippen LogP contribution >= 0.6 is 0 Å². The second-order valence-corrected chi connectivity index (χ2v) is 9.98. The van der Waals surface area contributed by atoms with Crippen LogP contribution in [0.15, 0.2) is 60.7 Å². The maximum absolute atomic E-state index is 10.6. The Kier molecular flexibility index (Phi) is 5.83. The molecule has 2 atom stereocenters. The average Bonchev–Trinajstić information content (AvgIpc) is 2.70. The van der Waals surface area contributed by atoms with Gasteiger partial charge < -0.3 is 15.5 Å². The minimum Gasteiger partial charge on any atom is -0.392 e. The number of rotatable bonds is 8. The van der Waals surface area contributed by atoms with Crippen molar-refractivity contribution in [2.75, 3.05) is 13.1 Å². The van der Waals surface area contributed by atoms with Gasteiger partial charge in [0.2, 0.25) is 0 Å². The summed E-state index contributed by atoms with van der Waals surface area (Å²) in [5.41, 5.74) is 3.14. The monoisotopic (exact) mass is 393 g/mol. The lowest BCUT2D eigenvalue weighted by atomic mass is 9.58. The van der Waals surface area contributed by atoms with Crippen LogP contribution in [0.5, 0.6) is 0 Å². The number of aliphatic hydroxyl groups is 2. The fraction of sp³-hybridized carbons (Fsp3) is 0.538. The Morgan fingerprint density at radius 1 is 0.724 bits per heavy atom. The van der Waals surface area contributed by atoms with Gasteiger partial charge in [-0.05, 0) is 59.5 Å². The largest absolute Gasteiger partial charge is 0.392 e. The minimum atomic E-state index is -0.338. The van der Waals surface area contributed by atoms with Crippen LogP contribution in [0.1, 0.15) is 50.7 Å². The van der Waals surface area contributed by atoms with E-state index in [0.717, 1.165) is 25.7 Å². The van der Waals surface area contributed by atoms with E-state index in [2.05, 4.69) is 79.8 Å². The van der Waals surface area contributed by atoms with Gasteiger partial charge in [0.25, 0.3) is 0 Å². The highest BCUT2D eigenvalue weighted by Crippen LogP contribution is 2.49. The van der Waals surface area contributed by atoms with E-state index < -0.39 is 0 Å². The van der Waals surface area contributed by atoms with E-state index in [1.165, 1.54) is 11.1 Å². The lowest BCUT2D eigenvalue weighted by Crippen LogP contribution is -2.50. The number of benzene rings is 2. The molecule has 3 heteroatoms. The molecule has 0 saturated heterocycles. The van der Waals surface area contributed by atoms with Crippen LogP contribution in [0.25, 0.3) is 0 Å². The van der Waals surface area contributed by atoms with Crippen molar-refractivity contribution in [3.63, 3.8) is 0 Å². The van der Waals surface area contributed by atoms with E-state index >= 15 is 0 Å². The third-order valence-electron chi connectivity index (χ3n) is 7.59. The first-order valence-electron chi connectivity index (χ1n) is 11.1. The topological polar surface area (TPSA) is 52.5 Å². The number of hydrogen-bond donors (Lipinski definition) is 3. The van der Waals surface area contributed by atoms with E-state index in [0.29, 0.717) is 24.9 Å². The van der Waals surface area contributed by atoms with Crippen LogP contribution < -0.4 is 5.32 Å². The van der Waals surface area contributed by atoms with Gasteiger partial charge in [0, 0.05) is 13.1 Å². The molecule has 0 aromatic heterocycles. The zero-order chi connectivity index (χ0) is 20.5. The first kappa shape index (κ1) is 20.6. The van der Waals surface area contributed by atoms with Crippen molar-refractivity contribution >= 4 is 0 Å². The molecule has 2 aromatic rings. The molecule has 3 nitrogen and oxygen atoms in total. The van der Waals surface area contributed by atoms with Crippen molar-refractivity contribution in [2.24, 2.45) is 11.8 Å². The molecule has 2 aromatic carbocycles. The molecule has 0 heterocycles. The Bertz CT molecular complexity index is 711. The van der Waals surface area contributed by atoms with Crippen molar-refractivity contribution in [3.05, 3.63) is 71.8 Å². The van der Waals surface area contributed by atoms with Gasteiger partial charge >= 0.3 is 0 Å². The summed E-state index contributed by atoms with van der Waals surface area (Å²) in [4.78, 5) is 0. The smallest absolute Gasteiger partial charge is 0.0693 e. The molecule has 2 saturated carbocycles. The number of aliphatic hydroxyl groups excluding tert-OH is 2. The SMILES string of the molecule is CC1(c2ccccc2)CC([C@H](O)CNC[C@H](O)C2CC(C)(c3ccccc3)C2)C1. The van der Waals surface area contributed by atoms with Crippen LogP contribution in [0, 0.1) is 11.8 Å². The molecule has 4 rings (SSSR count). The fourth-order valence-corrected chi connectivity index (χ4v) is 5.60. The predicted molar refractivity (Wildman–Crippen MR) is 118 cm³/mol. The van der Waals surface area contributed by atoms with Crippen molar-refractivity contribution < 1.29 is 10.2 Å². The first-order valence-corrected chi connectivity index (χ1v) is 11.1. The molecule has 0 aliphatic heterocycles. The molecule has 156 valence electrons. The van der Waals surface area contributed by atoms with Gasteiger partial charge in [0.15, 0.2) is 0 Å². The van der Waals surface area contributed by atoms with Crippen molar-refractivity contribution in [1.82, 2.24) is 5.32 Å². The van der Waals surface area contributed by atoms with Crippen LogP contribution in [0.3, 0.4) is 0 Å². The van der Waals surface area contributed by atoms with Crippen LogP contribution in [0.4, 0.5) is 0 Å². The molecule has 0 bridgehead atoms. The minimum absolute atomic E-state index is 0.195. The molecule has 2 aliphatic rings. The molecule has 0 spiro atoms. The predicted octanol–water partition coefficient (Wildman–Crippen LogP) is 4.03. The van der Waals surface area contributed by atoms with Gasteiger partial charge in [-0.25, -0.2) is 0 Å². The first-order chi connectivity index (χ1) is 13.9. The lowest BCUT2D eigenvalue weighted by Gasteiger charge is -2.48. The van der Waals surface area contributed by atoms with Crippen molar-refractivity contribution in [2.45, 2.75) is 62.6 Å². The molecular formula is C26H35NO2. The average molecular weight is 394 g/mol. The summed E-state index contributed by atoms with van der Waals surface area (Å²) >= 11 is 0. The summed E-state index contributed by atoms with van der Waals surface area (Å²) in [6.45, 7) is 5.72. The highest BCUT2D eigenvalue weighted by molar-refractivity contribution is 5.29. The molecule has 0 amide bonds. The lowest BCUT2D eigenvalue weighted by molar-refractivity contribution is 0.000866. The number of nitrogens with one attached hydrogen (secondary N) is 1. The van der Waals surface area contributed by atoms with Gasteiger partial charge in [-0.2, -0.15) is 0 Å². The molecular weight excluding hydrogens is 358 g/mol. The van der Waals surface area contributed by atoms with Crippen LogP contribution in [-0.4, -0.2) is 35.5 Å². The van der Waals surface area contributed by atoms with E-state index in [4.69, 9.17) is 0 Å². The van der Waals surface area contributed by atoms with Crippen molar-refractivity contribution in [3.8, 4) is 0 Å². The highest BCUT2D eigenvalue weighted by Gasteiger charge is 2.45. The summed E-state index contributed by atoms with van der Waals surface area (Å²) < 4.78 is 0. The normalized spacial score (nSPS) is 33.4. The highest BCUT2D eigenvalue weighted by atomic mass is 16.3. The third-order valence-corrected chi connectivity index (χ3v) is 7.59. The van der Waals surface area contributed by atoms with Crippen molar-refractivity contribution in [1.29, 1.82) is 0 Å². The molecule has 2 fully saturated rings. The van der Waals surface area contributed by atoms with Crippen LogP contribution in [0.2, 0.25) is 0 Å². The summed E-state index contributed by atoms with van der Waals surface area (Å²) in [6, 6.07) is 21.3. The van der Waals surface area contributed by atoms with Gasteiger partial charge in [-0.15, -0.1) is 0 Å². The van der Waals surface area contributed by atoms with Crippen LogP contribution in [-0.2, 0) is 10.8 Å². The Hall–Kier alpha value is -1.68. The van der Waals surface area contributed by atoms with Gasteiger partial charge in [-0.1, -0.05) is 74.5 Å². The maximum Gasteiger partial charge on any atom is 0.0693 e. The third kappa shape index (κ3) is 4.28. The molecule has 2 aliphatic carbocycles. The van der Waals surface area contributed by atoms with Gasteiger partial charge in [0.05, 0.1) is 12.2 Å². The summed E-state index contributed by atoms with van der Waals surface area (Å²) in [5.74, 6) is 0.685. The summed E-state index contributed by atoms with van der Waals surface area (Å²) in [5, 5.41) is 24.4. The molecule has 0 radical (unpaired) electrons. The number of hydrogen-bond acceptors (Lipinski definition) is 3. The zero-order valence-electron chi connectivity index (χ0n) is 17.7. The standard InChI is InChI=1S/C26H35NO2/c1-25(21-9-5-3-6-10-21)13-19(14-25)23(28)17-27-18-24(29)20-15-26(2,16-20)22-11-7-4-8-12-22/h3-12,19-20,23-24,27-29H,13-18H2,1-2H3/t19?,20?,23-,24+,25?,26?. The maximum atomic E-state index is 10.6. The Morgan fingerprint density at radius 3 is 1.41 bits per heavy atom. The Morgan fingerprint density at radius 2 is 1.07 bits per heavy atom. The quantitative estimate of drug-likeness (QED) is 0.635. The van der Waals surface area contributed by atoms with E-state index in [1.54, 1.807) is 0 Å². The molecule has 3 N–H and O–H groups in total. The van der Waals surface area contributed by atoms with E-state index in [-0.39, 0.29) is 23.0 Å². The summed E-state index contributed by atoms with van der Waals surface area (Å²) in [6.07, 6.45) is 3.44. The van der Waals surface area contributed by atoms with E-state index in [9.17, 15) is 10.2 Å². The zero-order valence-corrected chi connectivity index (χ0v) is 17.7. The van der Waals surface area contributed by atoms with E-state index in [1.807, 2.05) is 0 Å². The van der Waals surface area contributed by atoms with Gasteiger partial charge in [-0.3, -0.25) is 0 Å². The Balaban J connectivity index is 1.17.